The minimum Gasteiger partial charge on any atom is -0.492 e. The lowest BCUT2D eigenvalue weighted by atomic mass is 10.1. The standard InChI is InChI=1S/C24H25N3O4S/c1-4-20-24(29)27(13-23(28)26-17-8-6-7-9-21(17)30-5-2)19-12-16(10-11-22(19)31-20)18-14-32-15(3)25-18/h6-12,14,20H,4-5,13H2,1-3H3,(H,26,28). The normalized spacial score (nSPS) is 15.2. The molecule has 0 aliphatic carbocycles. The van der Waals surface area contributed by atoms with Gasteiger partial charge in [0, 0.05) is 10.9 Å². The van der Waals surface area contributed by atoms with Crippen LogP contribution < -0.4 is 19.7 Å². The molecule has 1 aliphatic rings. The SMILES string of the molecule is CCOc1ccccc1NC(=O)CN1C(=O)C(CC)Oc2ccc(-c3csc(C)n3)cc21. The minimum absolute atomic E-state index is 0.133. The molecule has 0 spiro atoms. The van der Waals surface area contributed by atoms with Crippen LogP contribution in [0, 0.1) is 6.92 Å². The molecule has 3 aromatic rings. The summed E-state index contributed by atoms with van der Waals surface area (Å²) in [6.07, 6.45) is -0.116. The molecule has 2 heterocycles. The number of ether oxygens (including phenoxy) is 2. The molecule has 1 N–H and O–H groups in total. The molecule has 0 bridgehead atoms. The number of rotatable bonds is 7. The number of anilines is 2. The summed E-state index contributed by atoms with van der Waals surface area (Å²) in [4.78, 5) is 32.1. The van der Waals surface area contributed by atoms with Gasteiger partial charge >= 0.3 is 0 Å². The van der Waals surface area contributed by atoms with Crippen molar-refractivity contribution in [2.24, 2.45) is 0 Å². The summed E-state index contributed by atoms with van der Waals surface area (Å²) in [6.45, 7) is 6.07. The first-order valence-corrected chi connectivity index (χ1v) is 11.4. The molecule has 166 valence electrons. The third-order valence-corrected chi connectivity index (χ3v) is 5.88. The van der Waals surface area contributed by atoms with Gasteiger partial charge in [0.15, 0.2) is 6.10 Å². The largest absolute Gasteiger partial charge is 0.492 e. The predicted molar refractivity (Wildman–Crippen MR) is 126 cm³/mol. The Morgan fingerprint density at radius 1 is 1.25 bits per heavy atom. The van der Waals surface area contributed by atoms with E-state index in [1.165, 1.54) is 4.90 Å². The fourth-order valence-electron chi connectivity index (χ4n) is 3.59. The van der Waals surface area contributed by atoms with Crippen LogP contribution in [0.4, 0.5) is 11.4 Å². The molecule has 7 nitrogen and oxygen atoms in total. The smallest absolute Gasteiger partial charge is 0.268 e. The second-order valence-corrected chi connectivity index (χ2v) is 8.41. The number of hydrogen-bond donors (Lipinski definition) is 1. The average molecular weight is 452 g/mol. The summed E-state index contributed by atoms with van der Waals surface area (Å²) in [5.74, 6) is 0.613. The number of nitrogens with zero attached hydrogens (tertiary/aromatic N) is 2. The summed E-state index contributed by atoms with van der Waals surface area (Å²) in [5.41, 5.74) is 2.83. The molecule has 4 rings (SSSR count). The number of para-hydroxylation sites is 2. The van der Waals surface area contributed by atoms with Crippen molar-refractivity contribution < 1.29 is 19.1 Å². The molecule has 32 heavy (non-hydrogen) atoms. The molecule has 0 saturated heterocycles. The van der Waals surface area contributed by atoms with Gasteiger partial charge in [0.1, 0.15) is 18.0 Å². The Morgan fingerprint density at radius 3 is 2.78 bits per heavy atom. The first kappa shape index (κ1) is 21.8. The Morgan fingerprint density at radius 2 is 2.06 bits per heavy atom. The topological polar surface area (TPSA) is 80.8 Å². The lowest BCUT2D eigenvalue weighted by molar-refractivity contribution is -0.128. The van der Waals surface area contributed by atoms with Gasteiger partial charge in [0.05, 0.1) is 28.7 Å². The maximum atomic E-state index is 13.1. The lowest BCUT2D eigenvalue weighted by Crippen LogP contribution is -2.48. The van der Waals surface area contributed by atoms with Gasteiger partial charge in [-0.2, -0.15) is 0 Å². The second-order valence-electron chi connectivity index (χ2n) is 7.35. The number of thiazole rings is 1. The van der Waals surface area contributed by atoms with Crippen molar-refractivity contribution in [3.63, 3.8) is 0 Å². The number of amides is 2. The highest BCUT2D eigenvalue weighted by Gasteiger charge is 2.35. The van der Waals surface area contributed by atoms with Gasteiger partial charge in [-0.25, -0.2) is 4.98 Å². The van der Waals surface area contributed by atoms with Crippen LogP contribution in [0.1, 0.15) is 25.3 Å². The maximum Gasteiger partial charge on any atom is 0.268 e. The van der Waals surface area contributed by atoms with Crippen LogP contribution in [0.3, 0.4) is 0 Å². The van der Waals surface area contributed by atoms with E-state index in [4.69, 9.17) is 9.47 Å². The van der Waals surface area contributed by atoms with Gasteiger partial charge in [-0.15, -0.1) is 11.3 Å². The van der Waals surface area contributed by atoms with Gasteiger partial charge in [-0.3, -0.25) is 14.5 Å². The summed E-state index contributed by atoms with van der Waals surface area (Å²) >= 11 is 1.56. The summed E-state index contributed by atoms with van der Waals surface area (Å²) in [6, 6.07) is 12.8. The molecule has 1 aliphatic heterocycles. The summed E-state index contributed by atoms with van der Waals surface area (Å²) < 4.78 is 11.5. The Hall–Kier alpha value is -3.39. The fourth-order valence-corrected chi connectivity index (χ4v) is 4.21. The Labute approximate surface area is 191 Å². The molecule has 2 amide bonds. The highest BCUT2D eigenvalue weighted by molar-refractivity contribution is 7.09. The zero-order valence-electron chi connectivity index (χ0n) is 18.3. The van der Waals surface area contributed by atoms with Crippen molar-refractivity contribution in [3.05, 3.63) is 52.9 Å². The first-order chi connectivity index (χ1) is 15.5. The number of aryl methyl sites for hydroxylation is 1. The Kier molecular flexibility index (Phi) is 6.41. The zero-order valence-corrected chi connectivity index (χ0v) is 19.1. The van der Waals surface area contributed by atoms with Crippen LogP contribution in [0.2, 0.25) is 0 Å². The van der Waals surface area contributed by atoms with E-state index in [0.29, 0.717) is 35.9 Å². The van der Waals surface area contributed by atoms with Gasteiger partial charge in [0.2, 0.25) is 5.91 Å². The third-order valence-electron chi connectivity index (χ3n) is 5.11. The van der Waals surface area contributed by atoms with Crippen molar-refractivity contribution in [2.45, 2.75) is 33.3 Å². The lowest BCUT2D eigenvalue weighted by Gasteiger charge is -2.34. The van der Waals surface area contributed by atoms with Crippen LogP contribution in [0.25, 0.3) is 11.3 Å². The maximum absolute atomic E-state index is 13.1. The molecule has 2 aromatic carbocycles. The van der Waals surface area contributed by atoms with Crippen LogP contribution in [0.15, 0.2) is 47.8 Å². The average Bonchev–Trinajstić information content (AvgIpc) is 3.23. The Bertz CT molecular complexity index is 1140. The Balaban J connectivity index is 1.62. The molecule has 8 heteroatoms. The number of nitrogens with one attached hydrogen (secondary N) is 1. The van der Waals surface area contributed by atoms with E-state index < -0.39 is 6.10 Å². The molecule has 1 aromatic heterocycles. The van der Waals surface area contributed by atoms with E-state index in [0.717, 1.165) is 16.3 Å². The van der Waals surface area contributed by atoms with Gasteiger partial charge < -0.3 is 14.8 Å². The molecular formula is C24H25N3O4S. The van der Waals surface area contributed by atoms with Crippen LogP contribution >= 0.6 is 11.3 Å². The summed E-state index contributed by atoms with van der Waals surface area (Å²) in [7, 11) is 0. The van der Waals surface area contributed by atoms with Crippen molar-refractivity contribution in [3.8, 4) is 22.8 Å². The second kappa shape index (κ2) is 9.40. The van der Waals surface area contributed by atoms with Crippen molar-refractivity contribution >= 4 is 34.5 Å². The molecule has 1 unspecified atom stereocenters. The number of carbonyl (C=O) groups is 2. The zero-order chi connectivity index (χ0) is 22.7. The van der Waals surface area contributed by atoms with E-state index in [1.807, 2.05) is 56.5 Å². The molecule has 1 atom stereocenters. The number of aromatic nitrogens is 1. The van der Waals surface area contributed by atoms with Gasteiger partial charge in [0.25, 0.3) is 5.91 Å². The number of carbonyl (C=O) groups excluding carboxylic acids is 2. The van der Waals surface area contributed by atoms with Crippen LogP contribution in [0.5, 0.6) is 11.5 Å². The highest BCUT2D eigenvalue weighted by Crippen LogP contribution is 2.38. The molecular weight excluding hydrogens is 426 g/mol. The number of hydrogen-bond acceptors (Lipinski definition) is 6. The van der Waals surface area contributed by atoms with Gasteiger partial charge in [-0.1, -0.05) is 19.1 Å². The van der Waals surface area contributed by atoms with E-state index in [2.05, 4.69) is 10.3 Å². The van der Waals surface area contributed by atoms with E-state index >= 15 is 0 Å². The first-order valence-electron chi connectivity index (χ1n) is 10.6. The number of benzene rings is 2. The van der Waals surface area contributed by atoms with Crippen molar-refractivity contribution in [1.29, 1.82) is 0 Å². The minimum atomic E-state index is -0.627. The molecule has 0 fully saturated rings. The molecule has 0 saturated carbocycles. The van der Waals surface area contributed by atoms with Gasteiger partial charge in [-0.05, 0) is 50.6 Å². The van der Waals surface area contributed by atoms with Crippen molar-refractivity contribution in [1.82, 2.24) is 4.98 Å². The fraction of sp³-hybridized carbons (Fsp3) is 0.292. The third kappa shape index (κ3) is 4.45. The van der Waals surface area contributed by atoms with Crippen molar-refractivity contribution in [2.75, 3.05) is 23.4 Å². The summed E-state index contributed by atoms with van der Waals surface area (Å²) in [5, 5.41) is 5.80. The quantitative estimate of drug-likeness (QED) is 0.565. The monoisotopic (exact) mass is 451 g/mol. The van der Waals surface area contributed by atoms with Crippen LogP contribution in [-0.4, -0.2) is 36.1 Å². The predicted octanol–water partition coefficient (Wildman–Crippen LogP) is 4.66. The van der Waals surface area contributed by atoms with E-state index in [1.54, 1.807) is 23.5 Å². The number of fused-ring (bicyclic) bond motifs is 1. The van der Waals surface area contributed by atoms with E-state index in [-0.39, 0.29) is 18.4 Å². The van der Waals surface area contributed by atoms with Crippen LogP contribution in [-0.2, 0) is 9.59 Å². The van der Waals surface area contributed by atoms with E-state index in [9.17, 15) is 9.59 Å². The molecule has 0 radical (unpaired) electrons. The highest BCUT2D eigenvalue weighted by atomic mass is 32.1.